The molecule has 0 heterocycles. The SMILES string of the molecule is C=CCN(CC(=O)OCC)C(=O)C1CC=CCC1. The van der Waals surface area contributed by atoms with Crippen LogP contribution in [0.25, 0.3) is 0 Å². The Bertz CT molecular complexity index is 336. The summed E-state index contributed by atoms with van der Waals surface area (Å²) in [5.74, 6) is -0.351. The summed E-state index contributed by atoms with van der Waals surface area (Å²) in [6, 6.07) is 0. The van der Waals surface area contributed by atoms with Crippen LogP contribution in [0.3, 0.4) is 0 Å². The van der Waals surface area contributed by atoms with E-state index in [1.54, 1.807) is 13.0 Å². The van der Waals surface area contributed by atoms with Gasteiger partial charge in [0.25, 0.3) is 0 Å². The number of allylic oxidation sites excluding steroid dienone is 2. The fourth-order valence-electron chi connectivity index (χ4n) is 2.03. The van der Waals surface area contributed by atoms with Crippen molar-refractivity contribution in [2.24, 2.45) is 5.92 Å². The highest BCUT2D eigenvalue weighted by Crippen LogP contribution is 2.20. The molecule has 0 radical (unpaired) electrons. The zero-order chi connectivity index (χ0) is 13.4. The second kappa shape index (κ2) is 7.69. The van der Waals surface area contributed by atoms with Crippen molar-refractivity contribution in [3.63, 3.8) is 0 Å². The van der Waals surface area contributed by atoms with Crippen molar-refractivity contribution in [2.45, 2.75) is 26.2 Å². The molecule has 4 heteroatoms. The summed E-state index contributed by atoms with van der Waals surface area (Å²) in [7, 11) is 0. The van der Waals surface area contributed by atoms with Crippen molar-refractivity contribution in [1.82, 2.24) is 4.90 Å². The molecule has 0 saturated carbocycles. The number of ether oxygens (including phenoxy) is 1. The lowest BCUT2D eigenvalue weighted by Gasteiger charge is -2.26. The van der Waals surface area contributed by atoms with E-state index in [1.807, 2.05) is 6.08 Å². The van der Waals surface area contributed by atoms with Gasteiger partial charge in [-0.1, -0.05) is 18.2 Å². The molecule has 1 rings (SSSR count). The van der Waals surface area contributed by atoms with Crippen molar-refractivity contribution in [1.29, 1.82) is 0 Å². The third-order valence-corrected chi connectivity index (χ3v) is 2.90. The van der Waals surface area contributed by atoms with E-state index in [-0.39, 0.29) is 24.3 Å². The number of carbonyl (C=O) groups excluding carboxylic acids is 2. The number of hydrogen-bond donors (Lipinski definition) is 0. The van der Waals surface area contributed by atoms with Gasteiger partial charge in [0.1, 0.15) is 6.54 Å². The molecule has 0 aromatic carbocycles. The standard InChI is InChI=1S/C14H21NO3/c1-3-10-15(11-13(16)18-4-2)14(17)12-8-6-5-7-9-12/h3,5-6,12H,1,4,7-11H2,2H3. The van der Waals surface area contributed by atoms with Crippen LogP contribution in [0.2, 0.25) is 0 Å². The Morgan fingerprint density at radius 3 is 2.83 bits per heavy atom. The predicted octanol–water partition coefficient (Wildman–Crippen LogP) is 1.92. The maximum absolute atomic E-state index is 12.3. The van der Waals surface area contributed by atoms with E-state index in [0.717, 1.165) is 19.3 Å². The Morgan fingerprint density at radius 2 is 2.28 bits per heavy atom. The molecule has 0 aromatic heterocycles. The molecule has 0 N–H and O–H groups in total. The van der Waals surface area contributed by atoms with Gasteiger partial charge in [-0.3, -0.25) is 9.59 Å². The third-order valence-electron chi connectivity index (χ3n) is 2.90. The quantitative estimate of drug-likeness (QED) is 0.535. The first kappa shape index (κ1) is 14.5. The molecule has 0 fully saturated rings. The molecule has 0 spiro atoms. The van der Waals surface area contributed by atoms with Gasteiger partial charge in [-0.05, 0) is 26.2 Å². The van der Waals surface area contributed by atoms with Crippen LogP contribution in [0.1, 0.15) is 26.2 Å². The summed E-state index contributed by atoms with van der Waals surface area (Å²) in [5.41, 5.74) is 0. The van der Waals surface area contributed by atoms with Gasteiger partial charge in [0.15, 0.2) is 0 Å². The van der Waals surface area contributed by atoms with Crippen LogP contribution in [0.15, 0.2) is 24.8 Å². The van der Waals surface area contributed by atoms with E-state index in [1.165, 1.54) is 4.90 Å². The molecule has 0 aliphatic heterocycles. The molecule has 1 amide bonds. The monoisotopic (exact) mass is 251 g/mol. The summed E-state index contributed by atoms with van der Waals surface area (Å²) >= 11 is 0. The molecule has 100 valence electrons. The summed E-state index contributed by atoms with van der Waals surface area (Å²) in [5, 5.41) is 0. The number of amides is 1. The number of hydrogen-bond acceptors (Lipinski definition) is 3. The first-order chi connectivity index (χ1) is 8.69. The molecule has 1 atom stereocenters. The third kappa shape index (κ3) is 4.35. The number of carbonyl (C=O) groups is 2. The minimum Gasteiger partial charge on any atom is -0.465 e. The fourth-order valence-corrected chi connectivity index (χ4v) is 2.03. The Hall–Kier alpha value is -1.58. The Morgan fingerprint density at radius 1 is 1.50 bits per heavy atom. The molecular formula is C14H21NO3. The van der Waals surface area contributed by atoms with Crippen molar-refractivity contribution in [3.8, 4) is 0 Å². The van der Waals surface area contributed by atoms with Gasteiger partial charge in [0.2, 0.25) is 5.91 Å². The first-order valence-electron chi connectivity index (χ1n) is 6.39. The van der Waals surface area contributed by atoms with Gasteiger partial charge in [-0.15, -0.1) is 6.58 Å². The second-order valence-corrected chi connectivity index (χ2v) is 4.29. The van der Waals surface area contributed by atoms with Crippen molar-refractivity contribution in [3.05, 3.63) is 24.8 Å². The zero-order valence-electron chi connectivity index (χ0n) is 10.9. The summed E-state index contributed by atoms with van der Waals surface area (Å²) < 4.78 is 4.88. The summed E-state index contributed by atoms with van der Waals surface area (Å²) in [4.78, 5) is 25.2. The van der Waals surface area contributed by atoms with Crippen LogP contribution in [0.4, 0.5) is 0 Å². The Balaban J connectivity index is 2.59. The fraction of sp³-hybridized carbons (Fsp3) is 0.571. The predicted molar refractivity (Wildman–Crippen MR) is 69.9 cm³/mol. The number of nitrogens with zero attached hydrogens (tertiary/aromatic N) is 1. The molecule has 1 aliphatic carbocycles. The van der Waals surface area contributed by atoms with Gasteiger partial charge >= 0.3 is 5.97 Å². The lowest BCUT2D eigenvalue weighted by Crippen LogP contribution is -2.40. The van der Waals surface area contributed by atoms with E-state index in [2.05, 4.69) is 12.7 Å². The molecule has 0 bridgehead atoms. The van der Waals surface area contributed by atoms with Gasteiger partial charge in [-0.25, -0.2) is 0 Å². The van der Waals surface area contributed by atoms with Crippen molar-refractivity contribution in [2.75, 3.05) is 19.7 Å². The molecule has 1 unspecified atom stereocenters. The van der Waals surface area contributed by atoms with Crippen LogP contribution in [-0.2, 0) is 14.3 Å². The summed E-state index contributed by atoms with van der Waals surface area (Å²) in [6.07, 6.45) is 8.30. The molecule has 1 aliphatic rings. The van der Waals surface area contributed by atoms with E-state index in [0.29, 0.717) is 13.2 Å². The maximum atomic E-state index is 12.3. The Kier molecular flexibility index (Phi) is 6.19. The van der Waals surface area contributed by atoms with Crippen LogP contribution < -0.4 is 0 Å². The molecule has 0 aromatic rings. The zero-order valence-corrected chi connectivity index (χ0v) is 10.9. The largest absolute Gasteiger partial charge is 0.465 e. The molecule has 4 nitrogen and oxygen atoms in total. The van der Waals surface area contributed by atoms with Crippen LogP contribution >= 0.6 is 0 Å². The lowest BCUT2D eigenvalue weighted by molar-refractivity contribution is -0.150. The molecule has 0 saturated heterocycles. The van der Waals surface area contributed by atoms with Crippen LogP contribution in [0, 0.1) is 5.92 Å². The smallest absolute Gasteiger partial charge is 0.325 e. The maximum Gasteiger partial charge on any atom is 0.325 e. The normalized spacial score (nSPS) is 18.2. The lowest BCUT2D eigenvalue weighted by atomic mass is 9.93. The average Bonchev–Trinajstić information content (AvgIpc) is 2.39. The topological polar surface area (TPSA) is 46.6 Å². The van der Waals surface area contributed by atoms with Gasteiger partial charge in [-0.2, -0.15) is 0 Å². The Labute approximate surface area is 108 Å². The average molecular weight is 251 g/mol. The van der Waals surface area contributed by atoms with Crippen LogP contribution in [0.5, 0.6) is 0 Å². The number of esters is 1. The second-order valence-electron chi connectivity index (χ2n) is 4.29. The van der Waals surface area contributed by atoms with E-state index in [9.17, 15) is 9.59 Å². The molecule has 18 heavy (non-hydrogen) atoms. The minimum absolute atomic E-state index is 0.00984. The van der Waals surface area contributed by atoms with E-state index in [4.69, 9.17) is 4.74 Å². The highest BCUT2D eigenvalue weighted by Gasteiger charge is 2.25. The summed E-state index contributed by atoms with van der Waals surface area (Å²) in [6.45, 7) is 6.11. The van der Waals surface area contributed by atoms with Gasteiger partial charge in [0, 0.05) is 12.5 Å². The highest BCUT2D eigenvalue weighted by molar-refractivity contribution is 5.84. The van der Waals surface area contributed by atoms with Crippen LogP contribution in [-0.4, -0.2) is 36.5 Å². The minimum atomic E-state index is -0.362. The van der Waals surface area contributed by atoms with E-state index >= 15 is 0 Å². The number of rotatable bonds is 6. The van der Waals surface area contributed by atoms with Gasteiger partial charge < -0.3 is 9.64 Å². The molecular weight excluding hydrogens is 230 g/mol. The highest BCUT2D eigenvalue weighted by atomic mass is 16.5. The van der Waals surface area contributed by atoms with E-state index < -0.39 is 0 Å². The van der Waals surface area contributed by atoms with Gasteiger partial charge in [0.05, 0.1) is 6.61 Å². The van der Waals surface area contributed by atoms with Crippen molar-refractivity contribution < 1.29 is 14.3 Å². The first-order valence-corrected chi connectivity index (χ1v) is 6.39. The van der Waals surface area contributed by atoms with Crippen molar-refractivity contribution >= 4 is 11.9 Å².